The van der Waals surface area contributed by atoms with Gasteiger partial charge in [0, 0.05) is 18.9 Å². The summed E-state index contributed by atoms with van der Waals surface area (Å²) in [6, 6.07) is 31.3. The molecule has 0 bridgehead atoms. The summed E-state index contributed by atoms with van der Waals surface area (Å²) < 4.78 is 5.44. The van der Waals surface area contributed by atoms with Crippen molar-refractivity contribution in [2.75, 3.05) is 26.3 Å². The fourth-order valence-electron chi connectivity index (χ4n) is 3.69. The van der Waals surface area contributed by atoms with Crippen LogP contribution in [0.2, 0.25) is 0 Å². The molecule has 0 radical (unpaired) electrons. The molecule has 1 saturated heterocycles. The van der Waals surface area contributed by atoms with E-state index in [0.29, 0.717) is 26.3 Å². The molecule has 3 aromatic rings. The molecule has 3 aromatic carbocycles. The third-order valence-electron chi connectivity index (χ3n) is 5.12. The Kier molecular flexibility index (Phi) is 5.76. The molecule has 4 rings (SSSR count). The van der Waals surface area contributed by atoms with Crippen LogP contribution in [0.4, 0.5) is 0 Å². The fraction of sp³-hybridized carbons (Fsp3) is 0.167. The van der Waals surface area contributed by atoms with Crippen molar-refractivity contribution in [3.05, 3.63) is 91.0 Å². The number of carbonyl (C=O) groups is 1. The number of hydrogen-bond donors (Lipinski definition) is 0. The maximum Gasteiger partial charge on any atom is 0.247 e. The third-order valence-corrected chi connectivity index (χ3v) is 9.06. The molecule has 1 amide bonds. The maximum atomic E-state index is 13.4. The predicted molar refractivity (Wildman–Crippen MR) is 119 cm³/mol. The van der Waals surface area contributed by atoms with Crippen molar-refractivity contribution < 1.29 is 9.53 Å². The van der Waals surface area contributed by atoms with E-state index >= 15 is 0 Å². The normalized spacial score (nSPS) is 14.5. The maximum absolute atomic E-state index is 13.4. The fourth-order valence-corrected chi connectivity index (χ4v) is 7.45. The second-order valence-corrected chi connectivity index (χ2v) is 10.0. The number of nitrogens with zero attached hydrogens (tertiary/aromatic N) is 1. The van der Waals surface area contributed by atoms with Crippen LogP contribution in [-0.4, -0.2) is 42.9 Å². The van der Waals surface area contributed by atoms with Crippen molar-refractivity contribution in [2.45, 2.75) is 0 Å². The van der Waals surface area contributed by atoms with Gasteiger partial charge in [-0.2, -0.15) is 0 Å². The van der Waals surface area contributed by atoms with Crippen LogP contribution in [0.3, 0.4) is 0 Å². The molecule has 0 unspecified atom stereocenters. The first-order valence-corrected chi connectivity index (χ1v) is 11.4. The summed E-state index contributed by atoms with van der Waals surface area (Å²) in [6.45, 7) is 0.268. The zero-order valence-corrected chi connectivity index (χ0v) is 16.7. The predicted octanol–water partition coefficient (Wildman–Crippen LogP) is 2.64. The van der Waals surface area contributed by atoms with Crippen LogP contribution in [0, 0.1) is 0 Å². The van der Waals surface area contributed by atoms with Gasteiger partial charge in [0.25, 0.3) is 0 Å². The summed E-state index contributed by atoms with van der Waals surface area (Å²) in [4.78, 5) is 15.3. The highest BCUT2D eigenvalue weighted by Gasteiger charge is 2.28. The first kappa shape index (κ1) is 18.7. The van der Waals surface area contributed by atoms with Gasteiger partial charge in [0.05, 0.1) is 13.2 Å². The lowest BCUT2D eigenvalue weighted by atomic mass is 10.4. The molecule has 0 spiro atoms. The quantitative estimate of drug-likeness (QED) is 0.642. The number of rotatable bonds is 4. The summed E-state index contributed by atoms with van der Waals surface area (Å²) in [5.74, 6) is 2.09. The van der Waals surface area contributed by atoms with Gasteiger partial charge in [-0.1, -0.05) is 91.0 Å². The Balaban J connectivity index is 1.98. The molecule has 28 heavy (non-hydrogen) atoms. The summed E-state index contributed by atoms with van der Waals surface area (Å²) in [5.41, 5.74) is 0. The Morgan fingerprint density at radius 1 is 0.714 bits per heavy atom. The van der Waals surface area contributed by atoms with Crippen LogP contribution in [0.25, 0.3) is 0 Å². The minimum Gasteiger partial charge on any atom is -0.378 e. The molecule has 0 aliphatic carbocycles. The lowest BCUT2D eigenvalue weighted by Gasteiger charge is -2.31. The van der Waals surface area contributed by atoms with Gasteiger partial charge in [0.2, 0.25) is 5.91 Å². The molecule has 0 N–H and O–H groups in total. The van der Waals surface area contributed by atoms with E-state index < -0.39 is 6.89 Å². The molecule has 1 aliphatic rings. The van der Waals surface area contributed by atoms with Crippen LogP contribution in [0.5, 0.6) is 0 Å². The second kappa shape index (κ2) is 8.60. The molecule has 142 valence electrons. The highest BCUT2D eigenvalue weighted by molar-refractivity contribution is 7.95. The summed E-state index contributed by atoms with van der Waals surface area (Å²) in [5, 5.41) is 3.57. The number of benzene rings is 3. The van der Waals surface area contributed by atoms with Gasteiger partial charge in [-0.15, -0.1) is 0 Å². The van der Waals surface area contributed by atoms with E-state index in [2.05, 4.69) is 72.8 Å². The van der Waals surface area contributed by atoms with Gasteiger partial charge >= 0.3 is 0 Å². The number of hydrogen-bond acceptors (Lipinski definition) is 2. The van der Waals surface area contributed by atoms with Crippen molar-refractivity contribution >= 4 is 34.5 Å². The van der Waals surface area contributed by atoms with Crippen molar-refractivity contribution in [1.29, 1.82) is 0 Å². The van der Waals surface area contributed by atoms with Gasteiger partial charge < -0.3 is 9.64 Å². The molecule has 0 atom stereocenters. The monoisotopic (exact) mass is 389 g/mol. The largest absolute Gasteiger partial charge is 0.378 e. The Hall–Kier alpha value is -2.61. The summed E-state index contributed by atoms with van der Waals surface area (Å²) in [6.07, 6.45) is 0. The van der Waals surface area contributed by atoms with Gasteiger partial charge in [0.15, 0.2) is 0 Å². The Labute approximate surface area is 166 Å². The van der Waals surface area contributed by atoms with Crippen LogP contribution in [0.15, 0.2) is 91.0 Å². The molecule has 1 fully saturated rings. The average Bonchev–Trinajstić information content (AvgIpc) is 2.80. The number of carbonyl (C=O) groups excluding carboxylic acids is 1. The smallest absolute Gasteiger partial charge is 0.247 e. The molecule has 0 aromatic heterocycles. The van der Waals surface area contributed by atoms with Crippen LogP contribution >= 0.6 is 6.89 Å². The van der Waals surface area contributed by atoms with E-state index in [0.717, 1.165) is 0 Å². The molecule has 1 aliphatic heterocycles. The number of amides is 1. The summed E-state index contributed by atoms with van der Waals surface area (Å²) in [7, 11) is 0. The van der Waals surface area contributed by atoms with E-state index in [1.54, 1.807) is 0 Å². The van der Waals surface area contributed by atoms with Crippen LogP contribution in [0.1, 0.15) is 0 Å². The van der Waals surface area contributed by atoms with Gasteiger partial charge in [-0.05, 0) is 22.8 Å². The summed E-state index contributed by atoms with van der Waals surface area (Å²) >= 11 is 0. The molecule has 1 heterocycles. The highest BCUT2D eigenvalue weighted by atomic mass is 31.2. The minimum absolute atomic E-state index is 0.0909. The second-order valence-electron chi connectivity index (χ2n) is 6.80. The van der Waals surface area contributed by atoms with Gasteiger partial charge in [0.1, 0.15) is 0 Å². The number of ether oxygens (including phenoxy) is 1. The Morgan fingerprint density at radius 3 is 1.50 bits per heavy atom. The van der Waals surface area contributed by atoms with Crippen molar-refractivity contribution in [3.8, 4) is 0 Å². The standard InChI is InChI=1S/C24H24NO2P/c26-24(25-16-18-27-19-17-25)20-28(21-10-4-1-5-11-21,22-12-6-2-7-13-22)23-14-8-3-9-15-23/h1-15,20H,16-19H2. The van der Waals surface area contributed by atoms with E-state index in [-0.39, 0.29) is 5.91 Å². The highest BCUT2D eigenvalue weighted by Crippen LogP contribution is 2.43. The van der Waals surface area contributed by atoms with E-state index in [4.69, 9.17) is 4.74 Å². The van der Waals surface area contributed by atoms with Gasteiger partial charge in [-0.3, -0.25) is 4.79 Å². The van der Waals surface area contributed by atoms with Crippen molar-refractivity contribution in [2.24, 2.45) is 0 Å². The number of morpholine rings is 1. The lowest BCUT2D eigenvalue weighted by Crippen LogP contribution is -2.42. The third kappa shape index (κ3) is 3.69. The average molecular weight is 389 g/mol. The van der Waals surface area contributed by atoms with Crippen LogP contribution in [-0.2, 0) is 9.53 Å². The van der Waals surface area contributed by atoms with Gasteiger partial charge in [-0.25, -0.2) is 0 Å². The van der Waals surface area contributed by atoms with Crippen molar-refractivity contribution in [3.63, 3.8) is 0 Å². The van der Waals surface area contributed by atoms with E-state index in [9.17, 15) is 4.79 Å². The molecule has 0 saturated carbocycles. The van der Waals surface area contributed by atoms with Crippen molar-refractivity contribution in [1.82, 2.24) is 4.90 Å². The molecular weight excluding hydrogens is 365 g/mol. The molecular formula is C24H24NO2P. The molecule has 3 nitrogen and oxygen atoms in total. The Bertz CT molecular complexity index is 862. The van der Waals surface area contributed by atoms with E-state index in [1.807, 2.05) is 28.9 Å². The SMILES string of the molecule is O=C(C=P(c1ccccc1)(c1ccccc1)c1ccccc1)N1CCOCC1. The Morgan fingerprint density at radius 2 is 1.11 bits per heavy atom. The van der Waals surface area contributed by atoms with E-state index in [1.165, 1.54) is 15.9 Å². The lowest BCUT2D eigenvalue weighted by molar-refractivity contribution is -0.127. The van der Waals surface area contributed by atoms with Crippen LogP contribution < -0.4 is 15.9 Å². The first-order chi connectivity index (χ1) is 13.8. The first-order valence-electron chi connectivity index (χ1n) is 9.59. The zero-order valence-electron chi connectivity index (χ0n) is 15.8. The molecule has 4 heteroatoms. The topological polar surface area (TPSA) is 29.5 Å². The zero-order chi connectivity index (χ0) is 19.2. The minimum atomic E-state index is -2.23.